The summed E-state index contributed by atoms with van der Waals surface area (Å²) in [5, 5.41) is 0. The highest BCUT2D eigenvalue weighted by atomic mass is 13.9. The number of aryl methyl sites for hydroxylation is 2. The monoisotopic (exact) mass is 154 g/mol. The molecule has 0 bridgehead atoms. The Balaban J connectivity index is -0.000000213. The molecule has 1 rings (SSSR count). The van der Waals surface area contributed by atoms with E-state index in [2.05, 4.69) is 38.1 Å². The second-order valence-corrected chi connectivity index (χ2v) is 2.16. The standard InChI is InChI=1S/C8H10.3CH4/c1-7-4-3-5-8(2)6-7;;;/h3-6H,1-2H3;3*1H4. The van der Waals surface area contributed by atoms with Gasteiger partial charge in [-0.25, -0.2) is 0 Å². The van der Waals surface area contributed by atoms with Crippen LogP contribution in [0.4, 0.5) is 0 Å². The van der Waals surface area contributed by atoms with Gasteiger partial charge >= 0.3 is 0 Å². The van der Waals surface area contributed by atoms with Crippen molar-refractivity contribution in [3.8, 4) is 0 Å². The van der Waals surface area contributed by atoms with E-state index >= 15 is 0 Å². The van der Waals surface area contributed by atoms with Crippen LogP contribution in [-0.4, -0.2) is 0 Å². The Hall–Kier alpha value is -0.780. The lowest BCUT2D eigenvalue weighted by molar-refractivity contribution is 1.39. The van der Waals surface area contributed by atoms with Crippen LogP contribution >= 0.6 is 0 Å². The van der Waals surface area contributed by atoms with Gasteiger partial charge in [0.2, 0.25) is 0 Å². The van der Waals surface area contributed by atoms with E-state index in [0.29, 0.717) is 0 Å². The average molecular weight is 154 g/mol. The van der Waals surface area contributed by atoms with Gasteiger partial charge in [0.05, 0.1) is 0 Å². The molecule has 0 spiro atoms. The molecule has 0 atom stereocenters. The Morgan fingerprint density at radius 1 is 0.818 bits per heavy atom. The Kier molecular flexibility index (Phi) is 11.1. The van der Waals surface area contributed by atoms with Gasteiger partial charge in [-0.3, -0.25) is 0 Å². The molecule has 0 aliphatic carbocycles. The van der Waals surface area contributed by atoms with Gasteiger partial charge in [-0.1, -0.05) is 57.7 Å². The summed E-state index contributed by atoms with van der Waals surface area (Å²) in [7, 11) is 0. The quantitative estimate of drug-likeness (QED) is 0.525. The molecular weight excluding hydrogens is 132 g/mol. The molecular formula is C11H22. The lowest BCUT2D eigenvalue weighted by Crippen LogP contribution is -1.71. The summed E-state index contributed by atoms with van der Waals surface area (Å²) in [4.78, 5) is 0. The Morgan fingerprint density at radius 3 is 1.36 bits per heavy atom. The number of benzene rings is 1. The van der Waals surface area contributed by atoms with Gasteiger partial charge in [-0.2, -0.15) is 0 Å². The highest BCUT2D eigenvalue weighted by Crippen LogP contribution is 2.00. The van der Waals surface area contributed by atoms with Crippen LogP contribution in [-0.2, 0) is 0 Å². The van der Waals surface area contributed by atoms with Crippen molar-refractivity contribution in [1.29, 1.82) is 0 Å². The van der Waals surface area contributed by atoms with E-state index in [0.717, 1.165) is 0 Å². The summed E-state index contributed by atoms with van der Waals surface area (Å²) >= 11 is 0. The first kappa shape index (κ1) is 16.7. The molecule has 0 aromatic heterocycles. The third kappa shape index (κ3) is 5.65. The molecule has 0 aliphatic rings. The van der Waals surface area contributed by atoms with Gasteiger partial charge in [0.15, 0.2) is 0 Å². The molecule has 0 heterocycles. The van der Waals surface area contributed by atoms with Crippen molar-refractivity contribution in [1.82, 2.24) is 0 Å². The van der Waals surface area contributed by atoms with E-state index in [1.807, 2.05) is 0 Å². The summed E-state index contributed by atoms with van der Waals surface area (Å²) in [5.74, 6) is 0. The highest BCUT2D eigenvalue weighted by Gasteiger charge is 1.80. The normalized spacial score (nSPS) is 6.73. The minimum atomic E-state index is 0. The molecule has 0 N–H and O–H groups in total. The Morgan fingerprint density at radius 2 is 1.18 bits per heavy atom. The maximum Gasteiger partial charge on any atom is -0.0398 e. The molecule has 0 radical (unpaired) electrons. The molecule has 0 nitrogen and oxygen atoms in total. The molecule has 0 fully saturated rings. The first-order chi connectivity index (χ1) is 3.79. The SMILES string of the molecule is C.C.C.Cc1cccc(C)c1. The summed E-state index contributed by atoms with van der Waals surface area (Å²) < 4.78 is 0. The van der Waals surface area contributed by atoms with Gasteiger partial charge in [0.1, 0.15) is 0 Å². The fourth-order valence-electron chi connectivity index (χ4n) is 0.807. The second kappa shape index (κ2) is 7.33. The van der Waals surface area contributed by atoms with Gasteiger partial charge in [0, 0.05) is 0 Å². The summed E-state index contributed by atoms with van der Waals surface area (Å²) in [5.41, 5.74) is 2.68. The van der Waals surface area contributed by atoms with Crippen molar-refractivity contribution in [2.45, 2.75) is 36.1 Å². The molecule has 1 aromatic carbocycles. The van der Waals surface area contributed by atoms with Crippen molar-refractivity contribution < 1.29 is 0 Å². The summed E-state index contributed by atoms with van der Waals surface area (Å²) in [6.07, 6.45) is 0. The van der Waals surface area contributed by atoms with Gasteiger partial charge in [0.25, 0.3) is 0 Å². The van der Waals surface area contributed by atoms with Gasteiger partial charge in [-0.05, 0) is 13.8 Å². The molecule has 0 heteroatoms. The van der Waals surface area contributed by atoms with Crippen molar-refractivity contribution in [2.75, 3.05) is 0 Å². The van der Waals surface area contributed by atoms with Crippen LogP contribution in [0.25, 0.3) is 0 Å². The molecule has 0 unspecified atom stereocenters. The number of rotatable bonds is 0. The summed E-state index contributed by atoms with van der Waals surface area (Å²) in [6.45, 7) is 4.21. The molecule has 0 saturated heterocycles. The smallest absolute Gasteiger partial charge is 0.0398 e. The fourth-order valence-corrected chi connectivity index (χ4v) is 0.807. The van der Waals surface area contributed by atoms with Crippen molar-refractivity contribution in [3.63, 3.8) is 0 Å². The fraction of sp³-hybridized carbons (Fsp3) is 0.455. The van der Waals surface area contributed by atoms with Crippen LogP contribution in [0.3, 0.4) is 0 Å². The third-order valence-electron chi connectivity index (χ3n) is 1.17. The van der Waals surface area contributed by atoms with Crippen LogP contribution < -0.4 is 0 Å². The maximum absolute atomic E-state index is 2.17. The van der Waals surface area contributed by atoms with Crippen LogP contribution in [0.1, 0.15) is 33.4 Å². The van der Waals surface area contributed by atoms with Crippen LogP contribution in [0, 0.1) is 13.8 Å². The first-order valence-electron chi connectivity index (χ1n) is 2.82. The predicted octanol–water partition coefficient (Wildman–Crippen LogP) is 4.21. The molecule has 0 aliphatic heterocycles. The minimum Gasteiger partial charge on any atom is -0.0776 e. The van der Waals surface area contributed by atoms with E-state index in [1.54, 1.807) is 0 Å². The van der Waals surface area contributed by atoms with E-state index in [9.17, 15) is 0 Å². The highest BCUT2D eigenvalue weighted by molar-refractivity contribution is 5.20. The lowest BCUT2D eigenvalue weighted by atomic mass is 10.2. The van der Waals surface area contributed by atoms with Crippen molar-refractivity contribution >= 4 is 0 Å². The van der Waals surface area contributed by atoms with Crippen LogP contribution in [0.15, 0.2) is 24.3 Å². The largest absolute Gasteiger partial charge is 0.0776 e. The van der Waals surface area contributed by atoms with E-state index in [-0.39, 0.29) is 22.3 Å². The molecule has 0 amide bonds. The van der Waals surface area contributed by atoms with Gasteiger partial charge < -0.3 is 0 Å². The second-order valence-electron chi connectivity index (χ2n) is 2.16. The Bertz CT molecular complexity index is 160. The number of hydrogen-bond donors (Lipinski definition) is 0. The minimum absolute atomic E-state index is 0. The molecule has 0 saturated carbocycles. The predicted molar refractivity (Wildman–Crippen MR) is 56.1 cm³/mol. The maximum atomic E-state index is 2.17. The first-order valence-corrected chi connectivity index (χ1v) is 2.82. The van der Waals surface area contributed by atoms with Crippen molar-refractivity contribution in [3.05, 3.63) is 35.4 Å². The van der Waals surface area contributed by atoms with E-state index in [4.69, 9.17) is 0 Å². The van der Waals surface area contributed by atoms with Crippen molar-refractivity contribution in [2.24, 2.45) is 0 Å². The topological polar surface area (TPSA) is 0 Å². The zero-order valence-electron chi connectivity index (χ0n) is 5.31. The van der Waals surface area contributed by atoms with Gasteiger partial charge in [-0.15, -0.1) is 0 Å². The molecule has 66 valence electrons. The molecule has 11 heavy (non-hydrogen) atoms. The lowest BCUT2D eigenvalue weighted by Gasteiger charge is -1.90. The molecule has 1 aromatic rings. The zero-order valence-corrected chi connectivity index (χ0v) is 5.31. The number of hydrogen-bond acceptors (Lipinski definition) is 0. The van der Waals surface area contributed by atoms with Crippen LogP contribution in [0.2, 0.25) is 0 Å². The van der Waals surface area contributed by atoms with E-state index < -0.39 is 0 Å². The summed E-state index contributed by atoms with van der Waals surface area (Å²) in [6, 6.07) is 8.45. The zero-order chi connectivity index (χ0) is 5.98. The Labute approximate surface area is 72.3 Å². The van der Waals surface area contributed by atoms with E-state index in [1.165, 1.54) is 11.1 Å². The van der Waals surface area contributed by atoms with Crippen LogP contribution in [0.5, 0.6) is 0 Å². The third-order valence-corrected chi connectivity index (χ3v) is 1.17. The average Bonchev–Trinajstić information content (AvgIpc) is 1.64.